The van der Waals surface area contributed by atoms with Gasteiger partial charge in [0.25, 0.3) is 0 Å². The Bertz CT molecular complexity index is 1370. The Morgan fingerprint density at radius 1 is 0.750 bits per heavy atom. The zero-order valence-electron chi connectivity index (χ0n) is 17.8. The minimum absolute atomic E-state index is 0.0241. The molecular formula is C28H23N3O. The van der Waals surface area contributed by atoms with Crippen molar-refractivity contribution in [2.75, 3.05) is 4.90 Å². The lowest BCUT2D eigenvalue weighted by Gasteiger charge is -2.26. The molecule has 0 spiro atoms. The molecule has 0 radical (unpaired) electrons. The van der Waals surface area contributed by atoms with E-state index in [2.05, 4.69) is 30.0 Å². The lowest BCUT2D eigenvalue weighted by Crippen LogP contribution is -2.15. The van der Waals surface area contributed by atoms with E-state index in [1.54, 1.807) is 0 Å². The van der Waals surface area contributed by atoms with E-state index in [0.717, 1.165) is 44.7 Å². The van der Waals surface area contributed by atoms with Crippen LogP contribution in [0.3, 0.4) is 0 Å². The molecule has 1 heterocycles. The standard InChI is InChI=1S/C28H23N3O/c1-20-16-17-21(19-32)18-26(20)31(23-12-6-3-7-13-23)28-29-25-15-9-8-14-24(25)27(30-28)22-10-4-2-5-11-22/h2-18,32H,19H2,1H3. The van der Waals surface area contributed by atoms with Crippen molar-refractivity contribution in [2.45, 2.75) is 13.5 Å². The number of aryl methyl sites for hydroxylation is 1. The summed E-state index contributed by atoms with van der Waals surface area (Å²) in [7, 11) is 0. The Hall–Kier alpha value is -4.02. The fourth-order valence-corrected chi connectivity index (χ4v) is 3.91. The molecule has 32 heavy (non-hydrogen) atoms. The molecule has 0 aliphatic carbocycles. The van der Waals surface area contributed by atoms with Gasteiger partial charge in [-0.2, -0.15) is 0 Å². The zero-order chi connectivity index (χ0) is 21.9. The summed E-state index contributed by atoms with van der Waals surface area (Å²) in [4.78, 5) is 12.1. The van der Waals surface area contributed by atoms with Gasteiger partial charge in [-0.3, -0.25) is 4.90 Å². The monoisotopic (exact) mass is 417 g/mol. The Morgan fingerprint density at radius 3 is 2.19 bits per heavy atom. The summed E-state index contributed by atoms with van der Waals surface area (Å²) in [5.74, 6) is 0.590. The Balaban J connectivity index is 1.80. The van der Waals surface area contributed by atoms with Crippen molar-refractivity contribution >= 4 is 28.2 Å². The van der Waals surface area contributed by atoms with Gasteiger partial charge in [-0.25, -0.2) is 9.97 Å². The predicted octanol–water partition coefficient (Wildman–Crippen LogP) is 6.57. The van der Waals surface area contributed by atoms with Crippen LogP contribution in [-0.4, -0.2) is 15.1 Å². The number of anilines is 3. The van der Waals surface area contributed by atoms with Crippen molar-refractivity contribution in [1.82, 2.24) is 9.97 Å². The van der Waals surface area contributed by atoms with Crippen LogP contribution in [0.2, 0.25) is 0 Å². The maximum absolute atomic E-state index is 9.76. The van der Waals surface area contributed by atoms with E-state index in [1.165, 1.54) is 0 Å². The van der Waals surface area contributed by atoms with Crippen LogP contribution in [0.5, 0.6) is 0 Å². The highest BCUT2D eigenvalue weighted by Gasteiger charge is 2.20. The third-order valence-corrected chi connectivity index (χ3v) is 5.55. The second-order valence-corrected chi connectivity index (χ2v) is 7.71. The van der Waals surface area contributed by atoms with E-state index < -0.39 is 0 Å². The molecule has 0 aliphatic rings. The highest BCUT2D eigenvalue weighted by atomic mass is 16.3. The molecule has 5 aromatic rings. The molecule has 4 aromatic carbocycles. The lowest BCUT2D eigenvalue weighted by atomic mass is 10.1. The van der Waals surface area contributed by atoms with Crippen molar-refractivity contribution in [3.05, 3.63) is 114 Å². The van der Waals surface area contributed by atoms with E-state index in [-0.39, 0.29) is 6.61 Å². The molecule has 0 aliphatic heterocycles. The van der Waals surface area contributed by atoms with Crippen LogP contribution in [0, 0.1) is 6.92 Å². The summed E-state index contributed by atoms with van der Waals surface area (Å²) in [6.07, 6.45) is 0. The van der Waals surface area contributed by atoms with Gasteiger partial charge in [-0.15, -0.1) is 0 Å². The highest BCUT2D eigenvalue weighted by molar-refractivity contribution is 5.94. The van der Waals surface area contributed by atoms with Gasteiger partial charge < -0.3 is 5.11 Å². The average Bonchev–Trinajstić information content (AvgIpc) is 2.86. The summed E-state index contributed by atoms with van der Waals surface area (Å²) in [6, 6.07) is 34.4. The summed E-state index contributed by atoms with van der Waals surface area (Å²) in [6.45, 7) is 2.04. The molecule has 0 fully saturated rings. The fraction of sp³-hybridized carbons (Fsp3) is 0.0714. The topological polar surface area (TPSA) is 49.2 Å². The molecule has 0 bridgehead atoms. The van der Waals surface area contributed by atoms with E-state index in [1.807, 2.05) is 84.9 Å². The number of fused-ring (bicyclic) bond motifs is 1. The fourth-order valence-electron chi connectivity index (χ4n) is 3.91. The minimum Gasteiger partial charge on any atom is -0.392 e. The Morgan fingerprint density at radius 2 is 1.44 bits per heavy atom. The first-order chi connectivity index (χ1) is 15.7. The summed E-state index contributed by atoms with van der Waals surface area (Å²) >= 11 is 0. The molecular weight excluding hydrogens is 394 g/mol. The number of para-hydroxylation sites is 2. The van der Waals surface area contributed by atoms with Crippen molar-refractivity contribution in [2.24, 2.45) is 0 Å². The molecule has 156 valence electrons. The van der Waals surface area contributed by atoms with Crippen LogP contribution in [0.1, 0.15) is 11.1 Å². The number of aromatic nitrogens is 2. The SMILES string of the molecule is Cc1ccc(CO)cc1N(c1ccccc1)c1nc(-c2ccccc2)c2ccccc2n1. The van der Waals surface area contributed by atoms with Gasteiger partial charge in [0.05, 0.1) is 23.5 Å². The molecule has 0 amide bonds. The van der Waals surface area contributed by atoms with E-state index >= 15 is 0 Å². The van der Waals surface area contributed by atoms with Crippen LogP contribution >= 0.6 is 0 Å². The molecule has 1 N–H and O–H groups in total. The van der Waals surface area contributed by atoms with Crippen molar-refractivity contribution in [1.29, 1.82) is 0 Å². The number of rotatable bonds is 5. The van der Waals surface area contributed by atoms with Crippen LogP contribution < -0.4 is 4.90 Å². The third-order valence-electron chi connectivity index (χ3n) is 5.55. The number of aliphatic hydroxyl groups is 1. The van der Waals surface area contributed by atoms with Gasteiger partial charge in [-0.05, 0) is 42.3 Å². The van der Waals surface area contributed by atoms with Gasteiger partial charge in [-0.1, -0.05) is 78.9 Å². The second-order valence-electron chi connectivity index (χ2n) is 7.71. The first-order valence-electron chi connectivity index (χ1n) is 10.6. The maximum Gasteiger partial charge on any atom is 0.235 e. The van der Waals surface area contributed by atoms with Crippen molar-refractivity contribution < 1.29 is 5.11 Å². The first-order valence-corrected chi connectivity index (χ1v) is 10.6. The third kappa shape index (κ3) is 3.72. The van der Waals surface area contributed by atoms with E-state index in [4.69, 9.17) is 9.97 Å². The second kappa shape index (κ2) is 8.61. The molecule has 4 nitrogen and oxygen atoms in total. The summed E-state index contributed by atoms with van der Waals surface area (Å²) in [5, 5.41) is 10.8. The summed E-state index contributed by atoms with van der Waals surface area (Å²) < 4.78 is 0. The zero-order valence-corrected chi connectivity index (χ0v) is 17.8. The van der Waals surface area contributed by atoms with Gasteiger partial charge in [0, 0.05) is 16.6 Å². The van der Waals surface area contributed by atoms with Crippen molar-refractivity contribution in [3.8, 4) is 11.3 Å². The average molecular weight is 418 g/mol. The Labute approximate surface area is 187 Å². The number of benzene rings is 4. The van der Waals surface area contributed by atoms with Gasteiger partial charge in [0.1, 0.15) is 0 Å². The molecule has 0 unspecified atom stereocenters. The number of nitrogens with zero attached hydrogens (tertiary/aromatic N) is 3. The number of hydrogen-bond acceptors (Lipinski definition) is 4. The molecule has 0 saturated carbocycles. The van der Waals surface area contributed by atoms with Gasteiger partial charge in [0.2, 0.25) is 5.95 Å². The molecule has 4 heteroatoms. The molecule has 0 atom stereocenters. The first kappa shape index (κ1) is 19.9. The van der Waals surface area contributed by atoms with Crippen molar-refractivity contribution in [3.63, 3.8) is 0 Å². The van der Waals surface area contributed by atoms with Crippen LogP contribution in [-0.2, 0) is 6.61 Å². The van der Waals surface area contributed by atoms with Gasteiger partial charge in [0.15, 0.2) is 0 Å². The molecule has 5 rings (SSSR count). The summed E-state index contributed by atoms with van der Waals surface area (Å²) in [5.41, 5.74) is 6.63. The normalized spacial score (nSPS) is 10.9. The largest absolute Gasteiger partial charge is 0.392 e. The smallest absolute Gasteiger partial charge is 0.235 e. The van der Waals surface area contributed by atoms with Crippen LogP contribution in [0.25, 0.3) is 22.2 Å². The maximum atomic E-state index is 9.76. The Kier molecular flexibility index (Phi) is 5.36. The molecule has 1 aromatic heterocycles. The number of aliphatic hydroxyl groups excluding tert-OH is 1. The predicted molar refractivity (Wildman–Crippen MR) is 130 cm³/mol. The van der Waals surface area contributed by atoms with Crippen LogP contribution in [0.4, 0.5) is 17.3 Å². The number of hydrogen-bond donors (Lipinski definition) is 1. The van der Waals surface area contributed by atoms with Crippen LogP contribution in [0.15, 0.2) is 103 Å². The lowest BCUT2D eigenvalue weighted by molar-refractivity contribution is 0.282. The minimum atomic E-state index is -0.0241. The van der Waals surface area contributed by atoms with E-state index in [0.29, 0.717) is 5.95 Å². The van der Waals surface area contributed by atoms with Gasteiger partial charge >= 0.3 is 0 Å². The molecule has 0 saturated heterocycles. The highest BCUT2D eigenvalue weighted by Crippen LogP contribution is 2.37. The quantitative estimate of drug-likeness (QED) is 0.351. The van der Waals surface area contributed by atoms with E-state index in [9.17, 15) is 5.11 Å².